The minimum atomic E-state index is 0.0529. The fourth-order valence-corrected chi connectivity index (χ4v) is 5.85. The van der Waals surface area contributed by atoms with Crippen LogP contribution in [0.2, 0.25) is 5.02 Å². The SMILES string of the molecule is COc1ccccc1N1CCN(C(=O)c2cccc(-c3cnc4c(c3)N(Cc3cc(Cl)ccc3C)CCN4)c2)CC1. The molecule has 3 heterocycles. The van der Waals surface area contributed by atoms with Gasteiger partial charge in [0, 0.05) is 68.2 Å². The second-order valence-corrected chi connectivity index (χ2v) is 11.0. The topological polar surface area (TPSA) is 60.9 Å². The Morgan fingerprint density at radius 3 is 2.59 bits per heavy atom. The molecule has 0 aliphatic carbocycles. The average Bonchev–Trinajstić information content (AvgIpc) is 3.02. The van der Waals surface area contributed by atoms with Crippen molar-refractivity contribution in [3.8, 4) is 16.9 Å². The lowest BCUT2D eigenvalue weighted by molar-refractivity contribution is 0.0746. The van der Waals surface area contributed by atoms with Crippen molar-refractivity contribution in [3.05, 3.63) is 101 Å². The molecule has 1 amide bonds. The lowest BCUT2D eigenvalue weighted by Gasteiger charge is -2.36. The zero-order valence-corrected chi connectivity index (χ0v) is 24.2. The van der Waals surface area contributed by atoms with Gasteiger partial charge in [-0.2, -0.15) is 0 Å². The Bertz CT molecular complexity index is 1570. The number of halogens is 1. The van der Waals surface area contributed by atoms with Gasteiger partial charge in [-0.05, 0) is 66.1 Å². The van der Waals surface area contributed by atoms with E-state index in [9.17, 15) is 4.79 Å². The molecule has 2 aliphatic heterocycles. The average molecular weight is 568 g/mol. The van der Waals surface area contributed by atoms with E-state index in [0.717, 1.165) is 71.8 Å². The summed E-state index contributed by atoms with van der Waals surface area (Å²) in [6.07, 6.45) is 1.88. The van der Waals surface area contributed by atoms with Crippen LogP contribution in [0.5, 0.6) is 5.75 Å². The molecule has 0 spiro atoms. The van der Waals surface area contributed by atoms with Gasteiger partial charge in [-0.3, -0.25) is 4.79 Å². The number of carbonyl (C=O) groups is 1. The summed E-state index contributed by atoms with van der Waals surface area (Å²) in [5.41, 5.74) is 7.19. The number of nitrogens with zero attached hydrogens (tertiary/aromatic N) is 4. The molecule has 0 bridgehead atoms. The Morgan fingerprint density at radius 2 is 1.76 bits per heavy atom. The van der Waals surface area contributed by atoms with Crippen molar-refractivity contribution in [3.63, 3.8) is 0 Å². The molecule has 0 unspecified atom stereocenters. The number of piperazine rings is 1. The monoisotopic (exact) mass is 567 g/mol. The van der Waals surface area contributed by atoms with Gasteiger partial charge in [0.1, 0.15) is 11.6 Å². The van der Waals surface area contributed by atoms with Crippen LogP contribution in [0, 0.1) is 6.92 Å². The van der Waals surface area contributed by atoms with Gasteiger partial charge in [-0.15, -0.1) is 0 Å². The first-order chi connectivity index (χ1) is 20.0. The summed E-state index contributed by atoms with van der Waals surface area (Å²) in [5, 5.41) is 4.17. The first kappa shape index (κ1) is 27.0. The van der Waals surface area contributed by atoms with Gasteiger partial charge in [0.25, 0.3) is 5.91 Å². The zero-order valence-electron chi connectivity index (χ0n) is 23.4. The molecular weight excluding hydrogens is 534 g/mol. The molecule has 0 radical (unpaired) electrons. The number of hydrogen-bond acceptors (Lipinski definition) is 6. The van der Waals surface area contributed by atoms with E-state index < -0.39 is 0 Å². The van der Waals surface area contributed by atoms with Crippen LogP contribution in [-0.4, -0.2) is 62.2 Å². The normalized spacial score (nSPS) is 14.9. The second-order valence-electron chi connectivity index (χ2n) is 10.5. The van der Waals surface area contributed by atoms with Crippen molar-refractivity contribution >= 4 is 34.7 Å². The molecule has 4 aromatic rings. The van der Waals surface area contributed by atoms with E-state index in [-0.39, 0.29) is 5.91 Å². The van der Waals surface area contributed by atoms with Gasteiger partial charge in [-0.1, -0.05) is 41.9 Å². The Balaban J connectivity index is 1.19. The third-order valence-electron chi connectivity index (χ3n) is 7.99. The van der Waals surface area contributed by atoms with E-state index >= 15 is 0 Å². The number of anilines is 3. The summed E-state index contributed by atoms with van der Waals surface area (Å²) in [5.74, 6) is 1.78. The Labute approximate surface area is 246 Å². The highest BCUT2D eigenvalue weighted by Crippen LogP contribution is 2.34. The fourth-order valence-electron chi connectivity index (χ4n) is 5.65. The van der Waals surface area contributed by atoms with E-state index in [1.807, 2.05) is 65.7 Å². The van der Waals surface area contributed by atoms with Crippen LogP contribution >= 0.6 is 11.6 Å². The van der Waals surface area contributed by atoms with Crippen molar-refractivity contribution in [2.75, 3.05) is 61.5 Å². The standard InChI is InChI=1S/C33H34ClN5O2/c1-23-10-11-28(34)19-27(23)22-39-13-12-35-32-30(39)20-26(21-36-32)24-6-5-7-25(18-24)33(40)38-16-14-37(15-17-38)29-8-3-4-9-31(29)41-2/h3-11,18-21H,12-17,22H2,1-2H3,(H,35,36). The summed E-state index contributed by atoms with van der Waals surface area (Å²) >= 11 is 6.30. The van der Waals surface area contributed by atoms with E-state index in [1.165, 1.54) is 11.1 Å². The second kappa shape index (κ2) is 11.7. The van der Waals surface area contributed by atoms with Gasteiger partial charge >= 0.3 is 0 Å². The molecule has 0 atom stereocenters. The van der Waals surface area contributed by atoms with Gasteiger partial charge < -0.3 is 24.8 Å². The molecule has 1 saturated heterocycles. The van der Waals surface area contributed by atoms with Gasteiger partial charge in [0.15, 0.2) is 0 Å². The largest absolute Gasteiger partial charge is 0.495 e. The number of amides is 1. The highest BCUT2D eigenvalue weighted by atomic mass is 35.5. The third kappa shape index (κ3) is 5.68. The predicted octanol–water partition coefficient (Wildman–Crippen LogP) is 6.11. The van der Waals surface area contributed by atoms with Crippen molar-refractivity contribution in [2.45, 2.75) is 13.5 Å². The molecule has 1 aromatic heterocycles. The van der Waals surface area contributed by atoms with Gasteiger partial charge in [0.05, 0.1) is 18.5 Å². The van der Waals surface area contributed by atoms with E-state index in [0.29, 0.717) is 18.7 Å². The van der Waals surface area contributed by atoms with Crippen LogP contribution < -0.4 is 19.9 Å². The molecular formula is C33H34ClN5O2. The number of ether oxygens (including phenoxy) is 1. The lowest BCUT2D eigenvalue weighted by atomic mass is 10.0. The first-order valence-electron chi connectivity index (χ1n) is 14.0. The molecule has 8 heteroatoms. The van der Waals surface area contributed by atoms with Crippen LogP contribution in [0.1, 0.15) is 21.5 Å². The van der Waals surface area contributed by atoms with Crippen molar-refractivity contribution in [1.82, 2.24) is 9.88 Å². The van der Waals surface area contributed by atoms with E-state index in [1.54, 1.807) is 7.11 Å². The number of methoxy groups -OCH3 is 1. The number of pyridine rings is 1. The van der Waals surface area contributed by atoms with Crippen molar-refractivity contribution < 1.29 is 9.53 Å². The number of fused-ring (bicyclic) bond motifs is 1. The maximum atomic E-state index is 13.5. The number of rotatable bonds is 6. The molecule has 3 aromatic carbocycles. The number of carbonyl (C=O) groups excluding carboxylic acids is 1. The zero-order chi connectivity index (χ0) is 28.3. The molecule has 1 N–H and O–H groups in total. The Kier molecular flexibility index (Phi) is 7.70. The molecule has 1 fully saturated rings. The molecule has 2 aliphatic rings. The van der Waals surface area contributed by atoms with Crippen LogP contribution in [0.3, 0.4) is 0 Å². The maximum absolute atomic E-state index is 13.5. The number of para-hydroxylation sites is 2. The molecule has 7 nitrogen and oxygen atoms in total. The molecule has 210 valence electrons. The van der Waals surface area contributed by atoms with E-state index in [4.69, 9.17) is 21.3 Å². The van der Waals surface area contributed by atoms with Crippen LogP contribution in [0.15, 0.2) is 79.0 Å². The van der Waals surface area contributed by atoms with Crippen molar-refractivity contribution in [2.24, 2.45) is 0 Å². The summed E-state index contributed by atoms with van der Waals surface area (Å²) in [4.78, 5) is 24.9. The molecule has 0 saturated carbocycles. The molecule has 6 rings (SSSR count). The number of benzene rings is 3. The quantitative estimate of drug-likeness (QED) is 0.303. The summed E-state index contributed by atoms with van der Waals surface area (Å²) < 4.78 is 5.54. The lowest BCUT2D eigenvalue weighted by Crippen LogP contribution is -2.48. The predicted molar refractivity (Wildman–Crippen MR) is 167 cm³/mol. The highest BCUT2D eigenvalue weighted by Gasteiger charge is 2.24. The third-order valence-corrected chi connectivity index (χ3v) is 8.23. The van der Waals surface area contributed by atoms with Gasteiger partial charge in [0.2, 0.25) is 0 Å². The first-order valence-corrected chi connectivity index (χ1v) is 14.4. The summed E-state index contributed by atoms with van der Waals surface area (Å²) in [6, 6.07) is 24.1. The molecule has 41 heavy (non-hydrogen) atoms. The number of aromatic nitrogens is 1. The summed E-state index contributed by atoms with van der Waals surface area (Å²) in [6.45, 7) is 7.40. The summed E-state index contributed by atoms with van der Waals surface area (Å²) in [7, 11) is 1.69. The maximum Gasteiger partial charge on any atom is 0.253 e. The minimum Gasteiger partial charge on any atom is -0.495 e. The van der Waals surface area contributed by atoms with Crippen LogP contribution in [0.4, 0.5) is 17.2 Å². The number of aryl methyl sites for hydroxylation is 1. The van der Waals surface area contributed by atoms with Crippen LogP contribution in [0.25, 0.3) is 11.1 Å². The smallest absolute Gasteiger partial charge is 0.253 e. The highest BCUT2D eigenvalue weighted by molar-refractivity contribution is 6.30. The number of nitrogens with one attached hydrogen (secondary N) is 1. The van der Waals surface area contributed by atoms with Crippen LogP contribution in [-0.2, 0) is 6.54 Å². The van der Waals surface area contributed by atoms with Crippen molar-refractivity contribution in [1.29, 1.82) is 0 Å². The van der Waals surface area contributed by atoms with Gasteiger partial charge in [-0.25, -0.2) is 4.98 Å². The fraction of sp³-hybridized carbons (Fsp3) is 0.273. The van der Waals surface area contributed by atoms with E-state index in [2.05, 4.69) is 40.2 Å². The Hall–Kier alpha value is -4.23. The minimum absolute atomic E-state index is 0.0529. The Morgan fingerprint density at radius 1 is 0.927 bits per heavy atom. The number of hydrogen-bond donors (Lipinski definition) is 1.